The van der Waals surface area contributed by atoms with E-state index in [9.17, 15) is 9.18 Å². The minimum absolute atomic E-state index is 0.0577. The molecule has 0 bridgehead atoms. The van der Waals surface area contributed by atoms with Crippen LogP contribution in [0.25, 0.3) is 0 Å². The van der Waals surface area contributed by atoms with Crippen LogP contribution < -0.4 is 5.32 Å². The molecule has 1 aromatic rings. The number of amides is 1. The lowest BCUT2D eigenvalue weighted by atomic mass is 10.2. The Labute approximate surface area is 114 Å². The fourth-order valence-electron chi connectivity index (χ4n) is 1.27. The smallest absolute Gasteiger partial charge is 0.250 e. The van der Waals surface area contributed by atoms with E-state index in [0.29, 0.717) is 28.9 Å². The Morgan fingerprint density at radius 3 is 2.83 bits per heavy atom. The molecule has 0 aliphatic heterocycles. The summed E-state index contributed by atoms with van der Waals surface area (Å²) in [6, 6.07) is 2.88. The first-order valence-electron chi connectivity index (χ1n) is 5.36. The van der Waals surface area contributed by atoms with E-state index < -0.39 is 0 Å². The van der Waals surface area contributed by atoms with Gasteiger partial charge in [-0.05, 0) is 40.5 Å². The van der Waals surface area contributed by atoms with Crippen LogP contribution in [0.4, 0.5) is 10.1 Å². The van der Waals surface area contributed by atoms with Gasteiger partial charge in [-0.1, -0.05) is 0 Å². The Morgan fingerprint density at radius 1 is 1.44 bits per heavy atom. The maximum atomic E-state index is 13.2. The van der Waals surface area contributed by atoms with Gasteiger partial charge in [0.15, 0.2) is 0 Å². The van der Waals surface area contributed by atoms with E-state index in [-0.39, 0.29) is 18.3 Å². The van der Waals surface area contributed by atoms with E-state index in [2.05, 4.69) is 21.2 Å². The van der Waals surface area contributed by atoms with Crippen LogP contribution in [-0.4, -0.2) is 32.8 Å². The highest BCUT2D eigenvalue weighted by Gasteiger charge is 2.08. The lowest BCUT2D eigenvalue weighted by Crippen LogP contribution is -2.20. The van der Waals surface area contributed by atoms with E-state index in [1.165, 1.54) is 12.1 Å². The van der Waals surface area contributed by atoms with Gasteiger partial charge < -0.3 is 14.8 Å². The van der Waals surface area contributed by atoms with Crippen LogP contribution in [0.5, 0.6) is 0 Å². The minimum Gasteiger partial charge on any atom is -0.382 e. The summed E-state index contributed by atoms with van der Waals surface area (Å²) in [6.07, 6.45) is 0. The molecule has 0 heterocycles. The molecule has 0 unspecified atom stereocenters. The Bertz CT molecular complexity index is 426. The zero-order valence-corrected chi connectivity index (χ0v) is 11.8. The number of hydrogen-bond donors (Lipinski definition) is 1. The largest absolute Gasteiger partial charge is 0.382 e. The molecular weight excluding hydrogens is 305 g/mol. The summed E-state index contributed by atoms with van der Waals surface area (Å²) in [4.78, 5) is 11.5. The van der Waals surface area contributed by atoms with Crippen molar-refractivity contribution in [3.05, 3.63) is 28.0 Å². The summed E-state index contributed by atoms with van der Waals surface area (Å²) < 4.78 is 23.4. The van der Waals surface area contributed by atoms with Gasteiger partial charge >= 0.3 is 0 Å². The van der Waals surface area contributed by atoms with Gasteiger partial charge in [0.05, 0.1) is 17.7 Å². The van der Waals surface area contributed by atoms with Crippen LogP contribution in [0.3, 0.4) is 0 Å². The molecule has 1 amide bonds. The number of ether oxygens (including phenoxy) is 2. The van der Waals surface area contributed by atoms with E-state index in [4.69, 9.17) is 9.47 Å². The molecule has 1 rings (SSSR count). The summed E-state index contributed by atoms with van der Waals surface area (Å²) >= 11 is 3.07. The summed E-state index contributed by atoms with van der Waals surface area (Å²) in [7, 11) is 1.56. The second-order valence-corrected chi connectivity index (χ2v) is 4.53. The van der Waals surface area contributed by atoms with Crippen molar-refractivity contribution in [1.82, 2.24) is 0 Å². The van der Waals surface area contributed by atoms with Crippen molar-refractivity contribution in [3.8, 4) is 0 Å². The monoisotopic (exact) mass is 319 g/mol. The topological polar surface area (TPSA) is 47.6 Å². The van der Waals surface area contributed by atoms with E-state index in [1.807, 2.05) is 0 Å². The number of aryl methyl sites for hydroxylation is 1. The highest BCUT2D eigenvalue weighted by Crippen LogP contribution is 2.24. The van der Waals surface area contributed by atoms with Crippen LogP contribution in [0.15, 0.2) is 16.6 Å². The fourth-order valence-corrected chi connectivity index (χ4v) is 1.62. The molecule has 0 radical (unpaired) electrons. The average Bonchev–Trinajstić information content (AvgIpc) is 2.32. The molecule has 1 aromatic carbocycles. The van der Waals surface area contributed by atoms with Crippen molar-refractivity contribution >= 4 is 27.5 Å². The van der Waals surface area contributed by atoms with Crippen molar-refractivity contribution < 1.29 is 18.7 Å². The van der Waals surface area contributed by atoms with Crippen molar-refractivity contribution in [2.45, 2.75) is 6.92 Å². The lowest BCUT2D eigenvalue weighted by molar-refractivity contribution is -0.121. The van der Waals surface area contributed by atoms with Crippen molar-refractivity contribution in [1.29, 1.82) is 0 Å². The molecular formula is C12H15BrFNO3. The SMILES string of the molecule is COCCOCC(=O)Nc1cc(Br)c(F)cc1C. The molecule has 0 spiro atoms. The van der Waals surface area contributed by atoms with Crippen LogP contribution >= 0.6 is 15.9 Å². The zero-order chi connectivity index (χ0) is 13.5. The number of benzene rings is 1. The highest BCUT2D eigenvalue weighted by atomic mass is 79.9. The third-order valence-electron chi connectivity index (χ3n) is 2.21. The lowest BCUT2D eigenvalue weighted by Gasteiger charge is -2.09. The zero-order valence-electron chi connectivity index (χ0n) is 10.3. The first-order valence-corrected chi connectivity index (χ1v) is 6.16. The third-order valence-corrected chi connectivity index (χ3v) is 2.81. The number of carbonyl (C=O) groups excluding carboxylic acids is 1. The number of hydrogen-bond acceptors (Lipinski definition) is 3. The first kappa shape index (κ1) is 15.1. The molecule has 0 saturated carbocycles. The molecule has 6 heteroatoms. The second-order valence-electron chi connectivity index (χ2n) is 3.67. The van der Waals surface area contributed by atoms with Gasteiger partial charge in [-0.3, -0.25) is 4.79 Å². The minimum atomic E-state index is -0.359. The van der Waals surface area contributed by atoms with Crippen molar-refractivity contribution in [3.63, 3.8) is 0 Å². The van der Waals surface area contributed by atoms with Gasteiger partial charge in [0.1, 0.15) is 12.4 Å². The maximum absolute atomic E-state index is 13.2. The van der Waals surface area contributed by atoms with Crippen LogP contribution in [-0.2, 0) is 14.3 Å². The second kappa shape index (κ2) is 7.45. The Morgan fingerprint density at radius 2 is 2.17 bits per heavy atom. The molecule has 18 heavy (non-hydrogen) atoms. The normalized spacial score (nSPS) is 10.4. The number of nitrogens with one attached hydrogen (secondary N) is 1. The van der Waals surface area contributed by atoms with Gasteiger partial charge in [0, 0.05) is 12.8 Å². The molecule has 100 valence electrons. The van der Waals surface area contributed by atoms with Crippen LogP contribution in [0.1, 0.15) is 5.56 Å². The predicted molar refractivity (Wildman–Crippen MR) is 70.2 cm³/mol. The number of halogens is 2. The van der Waals surface area contributed by atoms with Gasteiger partial charge in [-0.25, -0.2) is 4.39 Å². The Balaban J connectivity index is 2.51. The number of methoxy groups -OCH3 is 1. The highest BCUT2D eigenvalue weighted by molar-refractivity contribution is 9.10. The molecule has 1 N–H and O–H groups in total. The molecule has 0 aliphatic carbocycles. The summed E-state index contributed by atoms with van der Waals surface area (Å²) in [5.41, 5.74) is 1.21. The van der Waals surface area contributed by atoms with E-state index in [1.54, 1.807) is 14.0 Å². The van der Waals surface area contributed by atoms with E-state index >= 15 is 0 Å². The standard InChI is InChI=1S/C12H15BrFNO3/c1-8-5-10(14)9(13)6-11(8)15-12(16)7-18-4-3-17-2/h5-6H,3-4,7H2,1-2H3,(H,15,16). The number of anilines is 1. The van der Waals surface area contributed by atoms with Crippen molar-refractivity contribution in [2.75, 3.05) is 32.2 Å². The number of rotatable bonds is 6. The molecule has 0 fully saturated rings. The average molecular weight is 320 g/mol. The molecule has 4 nitrogen and oxygen atoms in total. The Hall–Kier alpha value is -0.980. The number of carbonyl (C=O) groups is 1. The van der Waals surface area contributed by atoms with Crippen LogP contribution in [0, 0.1) is 12.7 Å². The predicted octanol–water partition coefficient (Wildman–Crippen LogP) is 2.50. The maximum Gasteiger partial charge on any atom is 0.250 e. The van der Waals surface area contributed by atoms with Gasteiger partial charge in [0.25, 0.3) is 0 Å². The molecule has 0 aromatic heterocycles. The Kier molecular flexibility index (Phi) is 6.24. The first-order chi connectivity index (χ1) is 8.54. The van der Waals surface area contributed by atoms with Gasteiger partial charge in [-0.15, -0.1) is 0 Å². The van der Waals surface area contributed by atoms with Crippen LogP contribution in [0.2, 0.25) is 0 Å². The quantitative estimate of drug-likeness (QED) is 0.819. The molecule has 0 saturated heterocycles. The fraction of sp³-hybridized carbons (Fsp3) is 0.417. The van der Waals surface area contributed by atoms with Crippen molar-refractivity contribution in [2.24, 2.45) is 0 Å². The van der Waals surface area contributed by atoms with Gasteiger partial charge in [0.2, 0.25) is 5.91 Å². The molecule has 0 aliphatic rings. The summed E-state index contributed by atoms with van der Waals surface area (Å²) in [6.45, 7) is 2.46. The summed E-state index contributed by atoms with van der Waals surface area (Å²) in [5.74, 6) is -0.644. The third kappa shape index (κ3) is 4.72. The molecule has 0 atom stereocenters. The van der Waals surface area contributed by atoms with Gasteiger partial charge in [-0.2, -0.15) is 0 Å². The van der Waals surface area contributed by atoms with E-state index in [0.717, 1.165) is 0 Å². The summed E-state index contributed by atoms with van der Waals surface area (Å²) in [5, 5.41) is 2.65.